The molecule has 4 N–H and O–H groups in total. The SMILES string of the molecule is CCCC(=O)N1CCC[C@H]1C(=O)N(C)[C@H](C(=O)N[C@@H](CCNC(=O)c1cc(F)cc(F)c1)C(=O)NO)C(C)CC. The fourth-order valence-electron chi connectivity index (χ4n) is 4.81. The van der Waals surface area contributed by atoms with Crippen LogP contribution in [-0.2, 0) is 19.2 Å². The molecule has 0 bridgehead atoms. The summed E-state index contributed by atoms with van der Waals surface area (Å²) in [5.41, 5.74) is 1.21. The van der Waals surface area contributed by atoms with Crippen molar-refractivity contribution < 1.29 is 38.0 Å². The van der Waals surface area contributed by atoms with Crippen LogP contribution in [0.25, 0.3) is 0 Å². The van der Waals surface area contributed by atoms with Gasteiger partial charge >= 0.3 is 0 Å². The normalized spacial score (nSPS) is 17.0. The Morgan fingerprint density at radius 1 is 1.10 bits per heavy atom. The summed E-state index contributed by atoms with van der Waals surface area (Å²) in [7, 11) is 1.49. The van der Waals surface area contributed by atoms with Crippen molar-refractivity contribution in [2.24, 2.45) is 5.92 Å². The number of hydroxylamine groups is 1. The highest BCUT2D eigenvalue weighted by molar-refractivity contribution is 5.95. The molecule has 4 atom stereocenters. The van der Waals surface area contributed by atoms with Crippen LogP contribution in [0.3, 0.4) is 0 Å². The maximum absolute atomic E-state index is 13.5. The maximum Gasteiger partial charge on any atom is 0.265 e. The van der Waals surface area contributed by atoms with Gasteiger partial charge in [0.25, 0.3) is 11.8 Å². The Hall–Kier alpha value is -3.61. The van der Waals surface area contributed by atoms with Gasteiger partial charge in [0, 0.05) is 38.2 Å². The van der Waals surface area contributed by atoms with Crippen molar-refractivity contribution >= 4 is 29.5 Å². The van der Waals surface area contributed by atoms with Crippen molar-refractivity contribution in [3.05, 3.63) is 35.4 Å². The van der Waals surface area contributed by atoms with E-state index in [4.69, 9.17) is 0 Å². The number of halogens is 2. The molecular formula is C27H39F2N5O6. The molecule has 13 heteroatoms. The molecule has 0 saturated carbocycles. The van der Waals surface area contributed by atoms with E-state index < -0.39 is 47.5 Å². The van der Waals surface area contributed by atoms with E-state index in [-0.39, 0.29) is 36.3 Å². The standard InChI is InChI=1S/C27H39F2N5O6/c1-5-8-22(35)34-12-7-9-21(34)27(39)33(4)23(16(3)6-2)26(38)31-20(25(37)32-40)10-11-30-24(36)17-13-18(28)15-19(29)14-17/h13-16,20-21,23,40H,5-12H2,1-4H3,(H,30,36)(H,31,38)(H,32,37)/t16?,20-,21-,23-/m0/s1. The molecule has 0 radical (unpaired) electrons. The topological polar surface area (TPSA) is 148 Å². The van der Waals surface area contributed by atoms with Gasteiger partial charge in [-0.3, -0.25) is 29.2 Å². The van der Waals surface area contributed by atoms with Gasteiger partial charge in [-0.25, -0.2) is 14.3 Å². The largest absolute Gasteiger partial charge is 0.352 e. The monoisotopic (exact) mass is 567 g/mol. The quantitative estimate of drug-likeness (QED) is 0.211. The molecule has 222 valence electrons. The second-order valence-electron chi connectivity index (χ2n) is 10.0. The van der Waals surface area contributed by atoms with Crippen LogP contribution in [0.2, 0.25) is 0 Å². The van der Waals surface area contributed by atoms with E-state index in [1.54, 1.807) is 11.8 Å². The number of amides is 5. The van der Waals surface area contributed by atoms with Gasteiger partial charge in [0.1, 0.15) is 29.8 Å². The number of likely N-dealkylation sites (tertiary alicyclic amines) is 1. The molecule has 1 fully saturated rings. The molecule has 5 amide bonds. The van der Waals surface area contributed by atoms with Crippen LogP contribution >= 0.6 is 0 Å². The predicted octanol–water partition coefficient (Wildman–Crippen LogP) is 1.74. The lowest BCUT2D eigenvalue weighted by molar-refractivity contribution is -0.148. The summed E-state index contributed by atoms with van der Waals surface area (Å²) < 4.78 is 26.8. The van der Waals surface area contributed by atoms with Crippen molar-refractivity contribution in [2.45, 2.75) is 77.4 Å². The maximum atomic E-state index is 13.5. The summed E-state index contributed by atoms with van der Waals surface area (Å²) in [6, 6.07) is -0.642. The Morgan fingerprint density at radius 3 is 2.33 bits per heavy atom. The second-order valence-corrected chi connectivity index (χ2v) is 10.0. The van der Waals surface area contributed by atoms with Gasteiger partial charge < -0.3 is 20.4 Å². The Balaban J connectivity index is 2.13. The molecule has 40 heavy (non-hydrogen) atoms. The Bertz CT molecular complexity index is 1070. The number of nitrogens with zero attached hydrogens (tertiary/aromatic N) is 2. The summed E-state index contributed by atoms with van der Waals surface area (Å²) in [4.78, 5) is 66.9. The minimum atomic E-state index is -1.30. The van der Waals surface area contributed by atoms with E-state index in [1.807, 2.05) is 13.8 Å². The first-order chi connectivity index (χ1) is 18.9. The average Bonchev–Trinajstić information content (AvgIpc) is 3.41. The van der Waals surface area contributed by atoms with E-state index in [1.165, 1.54) is 17.4 Å². The number of hydrogen-bond donors (Lipinski definition) is 4. The van der Waals surface area contributed by atoms with Crippen LogP contribution in [0.15, 0.2) is 18.2 Å². The van der Waals surface area contributed by atoms with Gasteiger partial charge in [0.15, 0.2) is 0 Å². The minimum absolute atomic E-state index is 0.112. The molecule has 1 aromatic carbocycles. The summed E-state index contributed by atoms with van der Waals surface area (Å²) in [5.74, 6) is -5.07. The minimum Gasteiger partial charge on any atom is -0.352 e. The Kier molecular flexibility index (Phi) is 12.4. The third-order valence-corrected chi connectivity index (χ3v) is 7.13. The van der Waals surface area contributed by atoms with Crippen molar-refractivity contribution in [1.29, 1.82) is 0 Å². The highest BCUT2D eigenvalue weighted by Crippen LogP contribution is 2.23. The molecule has 11 nitrogen and oxygen atoms in total. The summed E-state index contributed by atoms with van der Waals surface area (Å²) >= 11 is 0. The van der Waals surface area contributed by atoms with Gasteiger partial charge in [0.05, 0.1) is 0 Å². The third kappa shape index (κ3) is 8.44. The number of carbonyl (C=O) groups excluding carboxylic acids is 5. The molecule has 0 spiro atoms. The zero-order valence-electron chi connectivity index (χ0n) is 23.3. The van der Waals surface area contributed by atoms with Crippen LogP contribution < -0.4 is 16.1 Å². The van der Waals surface area contributed by atoms with Crippen molar-refractivity contribution in [3.63, 3.8) is 0 Å². The van der Waals surface area contributed by atoms with E-state index in [0.717, 1.165) is 12.1 Å². The summed E-state index contributed by atoms with van der Waals surface area (Å²) in [5, 5.41) is 14.2. The Labute approximate surface area is 232 Å². The fraction of sp³-hybridized carbons (Fsp3) is 0.593. The third-order valence-electron chi connectivity index (χ3n) is 7.13. The van der Waals surface area contributed by atoms with Gasteiger partial charge in [-0.05, 0) is 43.7 Å². The number of carbonyl (C=O) groups is 5. The zero-order valence-corrected chi connectivity index (χ0v) is 23.3. The lowest BCUT2D eigenvalue weighted by Gasteiger charge is -2.35. The average molecular weight is 568 g/mol. The number of hydrogen-bond acceptors (Lipinski definition) is 6. The van der Waals surface area contributed by atoms with Gasteiger partial charge in [-0.2, -0.15) is 0 Å². The second kappa shape index (κ2) is 15.2. The van der Waals surface area contributed by atoms with Crippen LogP contribution in [0.5, 0.6) is 0 Å². The van der Waals surface area contributed by atoms with Crippen molar-refractivity contribution in [2.75, 3.05) is 20.1 Å². The summed E-state index contributed by atoms with van der Waals surface area (Å²) in [6.07, 6.45) is 2.48. The highest BCUT2D eigenvalue weighted by atomic mass is 19.1. The molecule has 1 heterocycles. The van der Waals surface area contributed by atoms with Crippen molar-refractivity contribution in [1.82, 2.24) is 25.9 Å². The number of likely N-dealkylation sites (N-methyl/N-ethyl adjacent to an activating group) is 1. The first-order valence-corrected chi connectivity index (χ1v) is 13.5. The molecule has 1 aliphatic rings. The fourth-order valence-corrected chi connectivity index (χ4v) is 4.81. The predicted molar refractivity (Wildman–Crippen MR) is 141 cm³/mol. The number of nitrogens with one attached hydrogen (secondary N) is 3. The molecule has 2 rings (SSSR count). The van der Waals surface area contributed by atoms with E-state index >= 15 is 0 Å². The highest BCUT2D eigenvalue weighted by Gasteiger charge is 2.40. The molecule has 1 unspecified atom stereocenters. The van der Waals surface area contributed by atoms with Gasteiger partial charge in [-0.1, -0.05) is 27.2 Å². The van der Waals surface area contributed by atoms with Gasteiger partial charge in [0.2, 0.25) is 17.7 Å². The van der Waals surface area contributed by atoms with Crippen LogP contribution in [-0.4, -0.2) is 82.8 Å². The molecule has 0 aromatic heterocycles. The van der Waals surface area contributed by atoms with Crippen molar-refractivity contribution in [3.8, 4) is 0 Å². The van der Waals surface area contributed by atoms with E-state index in [0.29, 0.717) is 44.7 Å². The molecule has 1 aromatic rings. The lowest BCUT2D eigenvalue weighted by atomic mass is 9.95. The smallest absolute Gasteiger partial charge is 0.265 e. The first kappa shape index (κ1) is 32.6. The number of benzene rings is 1. The number of rotatable bonds is 13. The molecule has 0 aliphatic carbocycles. The first-order valence-electron chi connectivity index (χ1n) is 13.5. The van der Waals surface area contributed by atoms with E-state index in [9.17, 15) is 38.0 Å². The molecular weight excluding hydrogens is 528 g/mol. The Morgan fingerprint density at radius 2 is 1.75 bits per heavy atom. The lowest BCUT2D eigenvalue weighted by Crippen LogP contribution is -2.58. The van der Waals surface area contributed by atoms with Crippen LogP contribution in [0.4, 0.5) is 8.78 Å². The van der Waals surface area contributed by atoms with E-state index in [2.05, 4.69) is 10.6 Å². The summed E-state index contributed by atoms with van der Waals surface area (Å²) in [6.45, 7) is 5.79. The molecule has 1 saturated heterocycles. The molecule has 1 aliphatic heterocycles. The van der Waals surface area contributed by atoms with Gasteiger partial charge in [-0.15, -0.1) is 0 Å². The zero-order chi connectivity index (χ0) is 30.0. The van der Waals surface area contributed by atoms with Crippen LogP contribution in [0, 0.1) is 17.6 Å². The van der Waals surface area contributed by atoms with Crippen LogP contribution in [0.1, 0.15) is 69.7 Å².